The van der Waals surface area contributed by atoms with Crippen LogP contribution < -0.4 is 0 Å². The summed E-state index contributed by atoms with van der Waals surface area (Å²) in [6.07, 6.45) is 0.986. The Balaban J connectivity index is 0. The van der Waals surface area contributed by atoms with Crippen LogP contribution in [0, 0.1) is 6.92 Å². The van der Waals surface area contributed by atoms with Crippen molar-refractivity contribution in [1.29, 1.82) is 0 Å². The first-order chi connectivity index (χ1) is 1.91. The van der Waals surface area contributed by atoms with Crippen molar-refractivity contribution in [3.05, 3.63) is 6.92 Å². The van der Waals surface area contributed by atoms with E-state index in [0.29, 0.717) is 0 Å². The molecule has 0 rings (SSSR count). The van der Waals surface area contributed by atoms with Gasteiger partial charge in [-0.15, -0.1) is 0 Å². The second-order valence-electron chi connectivity index (χ2n) is 0.543. The number of hydrogen-bond acceptors (Lipinski definition) is 0. The first-order valence-electron chi connectivity index (χ1n) is 1.27. The zero-order chi connectivity index (χ0) is 3.41. The molecule has 0 saturated carbocycles. The average molecular weight is 146 g/mol. The summed E-state index contributed by atoms with van der Waals surface area (Å²) in [6, 6.07) is 0. The zero-order valence-electron chi connectivity index (χ0n) is 2.50. The zero-order valence-corrected chi connectivity index (χ0v) is 4.09. The molecule has 0 nitrogen and oxygen atoms in total. The molecule has 0 N–H and O–H groups in total. The van der Waals surface area contributed by atoms with Crippen LogP contribution in [0.5, 0.6) is 0 Å². The molecule has 27 valence electrons. The van der Waals surface area contributed by atoms with Crippen molar-refractivity contribution < 1.29 is 0 Å². The Morgan fingerprint density at radius 2 is 1.80 bits per heavy atom. The van der Waals surface area contributed by atoms with Gasteiger partial charge in [-0.05, 0) is 6.42 Å². The van der Waals surface area contributed by atoms with Gasteiger partial charge in [-0.1, -0.05) is 22.9 Å². The second-order valence-corrected chi connectivity index (χ2v) is 1.34. The third kappa shape index (κ3) is 10.8. The SMILES string of the molecule is [CH2]CCBr.[NaH]. The van der Waals surface area contributed by atoms with E-state index in [1.807, 2.05) is 0 Å². The van der Waals surface area contributed by atoms with E-state index in [2.05, 4.69) is 22.9 Å². The number of alkyl halides is 1. The van der Waals surface area contributed by atoms with E-state index < -0.39 is 0 Å². The van der Waals surface area contributed by atoms with Crippen molar-refractivity contribution in [1.82, 2.24) is 0 Å². The molecule has 0 aromatic heterocycles. The third-order valence-corrected chi connectivity index (χ3v) is 0.694. The summed E-state index contributed by atoms with van der Waals surface area (Å²) in [6.45, 7) is 3.56. The minimum absolute atomic E-state index is 0. The van der Waals surface area contributed by atoms with E-state index >= 15 is 0 Å². The van der Waals surface area contributed by atoms with Gasteiger partial charge in [0.15, 0.2) is 0 Å². The fraction of sp³-hybridized carbons (Fsp3) is 0.667. The fourth-order valence-corrected chi connectivity index (χ4v) is 0. The minimum atomic E-state index is 0. The topological polar surface area (TPSA) is 0 Å². The molecule has 5 heavy (non-hydrogen) atoms. The van der Waals surface area contributed by atoms with Crippen LogP contribution in [-0.2, 0) is 0 Å². The summed E-state index contributed by atoms with van der Waals surface area (Å²) in [5, 5.41) is 1.02. The van der Waals surface area contributed by atoms with Crippen LogP contribution >= 0.6 is 15.9 Å². The first-order valence-corrected chi connectivity index (χ1v) is 2.39. The first kappa shape index (κ1) is 9.70. The van der Waals surface area contributed by atoms with Crippen molar-refractivity contribution in [2.45, 2.75) is 6.42 Å². The molecule has 0 spiro atoms. The van der Waals surface area contributed by atoms with E-state index in [4.69, 9.17) is 0 Å². The van der Waals surface area contributed by atoms with Gasteiger partial charge >= 0.3 is 29.6 Å². The Labute approximate surface area is 63.8 Å². The molecule has 0 bridgehead atoms. The number of halogens is 1. The molecular weight excluding hydrogens is 139 g/mol. The predicted molar refractivity (Wildman–Crippen MR) is 30.9 cm³/mol. The van der Waals surface area contributed by atoms with E-state index in [1.54, 1.807) is 0 Å². The summed E-state index contributed by atoms with van der Waals surface area (Å²) >= 11 is 3.19. The molecule has 0 fully saturated rings. The molecule has 0 saturated heterocycles. The van der Waals surface area contributed by atoms with E-state index in [1.165, 1.54) is 0 Å². The van der Waals surface area contributed by atoms with Crippen LogP contribution in [0.4, 0.5) is 0 Å². The molecule has 0 aliphatic heterocycles. The molecule has 0 atom stereocenters. The predicted octanol–water partition coefficient (Wildman–Crippen LogP) is 0.957. The molecule has 0 amide bonds. The Morgan fingerprint density at radius 1 is 1.60 bits per heavy atom. The van der Waals surface area contributed by atoms with Gasteiger partial charge in [-0.2, -0.15) is 0 Å². The quantitative estimate of drug-likeness (QED) is 0.381. The molecule has 0 unspecified atom stereocenters. The molecule has 0 aliphatic rings. The monoisotopic (exact) mass is 145 g/mol. The Morgan fingerprint density at radius 3 is 1.80 bits per heavy atom. The standard InChI is InChI=1S/C3H6Br.Na.H/c1-2-3-4;;/h1-3H2;;. The molecule has 1 radical (unpaired) electrons. The Hall–Kier alpha value is 1.48. The number of rotatable bonds is 1. The molecule has 2 heteroatoms. The molecule has 0 aromatic rings. The number of hydrogen-bond donors (Lipinski definition) is 0. The van der Waals surface area contributed by atoms with Crippen molar-refractivity contribution in [2.24, 2.45) is 0 Å². The second kappa shape index (κ2) is 9.08. The summed E-state index contributed by atoms with van der Waals surface area (Å²) in [5.74, 6) is 0. The Bertz CT molecular complexity index is 8.85. The fourth-order valence-electron chi connectivity index (χ4n) is 0. The van der Waals surface area contributed by atoms with E-state index in [9.17, 15) is 0 Å². The van der Waals surface area contributed by atoms with Crippen molar-refractivity contribution >= 4 is 45.5 Å². The summed E-state index contributed by atoms with van der Waals surface area (Å²) in [7, 11) is 0. The Kier molecular flexibility index (Phi) is 17.6. The molecule has 0 aliphatic carbocycles. The van der Waals surface area contributed by atoms with Crippen molar-refractivity contribution in [2.75, 3.05) is 5.33 Å². The van der Waals surface area contributed by atoms with Crippen LogP contribution in [0.2, 0.25) is 0 Å². The van der Waals surface area contributed by atoms with Crippen LogP contribution in [0.25, 0.3) is 0 Å². The van der Waals surface area contributed by atoms with Gasteiger partial charge < -0.3 is 0 Å². The van der Waals surface area contributed by atoms with Gasteiger partial charge in [0.1, 0.15) is 0 Å². The maximum atomic E-state index is 3.56. The summed E-state index contributed by atoms with van der Waals surface area (Å²) in [5.41, 5.74) is 0. The normalized spacial score (nSPS) is 6.00. The van der Waals surface area contributed by atoms with Gasteiger partial charge in [0.2, 0.25) is 0 Å². The summed E-state index contributed by atoms with van der Waals surface area (Å²) < 4.78 is 0. The van der Waals surface area contributed by atoms with Crippen LogP contribution in [0.1, 0.15) is 6.42 Å². The summed E-state index contributed by atoms with van der Waals surface area (Å²) in [4.78, 5) is 0. The van der Waals surface area contributed by atoms with Crippen LogP contribution in [-0.4, -0.2) is 34.9 Å². The van der Waals surface area contributed by atoms with Crippen LogP contribution in [0.3, 0.4) is 0 Å². The van der Waals surface area contributed by atoms with Gasteiger partial charge in [0, 0.05) is 5.33 Å². The molecular formula is C3H7BrNa. The van der Waals surface area contributed by atoms with Crippen molar-refractivity contribution in [3.63, 3.8) is 0 Å². The van der Waals surface area contributed by atoms with E-state index in [-0.39, 0.29) is 29.6 Å². The van der Waals surface area contributed by atoms with Gasteiger partial charge in [0.25, 0.3) is 0 Å². The average Bonchev–Trinajstić information content (AvgIpc) is 1.37. The molecule has 0 heterocycles. The van der Waals surface area contributed by atoms with Gasteiger partial charge in [-0.25, -0.2) is 0 Å². The maximum absolute atomic E-state index is 3.56. The van der Waals surface area contributed by atoms with Gasteiger partial charge in [0.05, 0.1) is 0 Å². The van der Waals surface area contributed by atoms with Crippen molar-refractivity contribution in [3.8, 4) is 0 Å². The third-order valence-electron chi connectivity index (χ3n) is 0.134. The molecule has 0 aromatic carbocycles. The van der Waals surface area contributed by atoms with Crippen LogP contribution in [0.15, 0.2) is 0 Å². The van der Waals surface area contributed by atoms with E-state index in [0.717, 1.165) is 11.8 Å². The van der Waals surface area contributed by atoms with Gasteiger partial charge in [-0.3, -0.25) is 0 Å².